The third-order valence-electron chi connectivity index (χ3n) is 1.51. The fourth-order valence-corrected chi connectivity index (χ4v) is 0.770. The molecule has 0 amide bonds. The van der Waals surface area contributed by atoms with Crippen molar-refractivity contribution in [3.05, 3.63) is 24.3 Å². The molecule has 2 atom stereocenters. The van der Waals surface area contributed by atoms with Crippen molar-refractivity contribution in [1.29, 1.82) is 0 Å². The second kappa shape index (κ2) is 9.38. The van der Waals surface area contributed by atoms with Crippen molar-refractivity contribution in [1.82, 2.24) is 0 Å². The Balaban J connectivity index is 3.85. The van der Waals surface area contributed by atoms with Crippen LogP contribution in [0.1, 0.15) is 13.8 Å². The SMILES string of the molecule is CC(O)COC(=O)C=CC=CC(=O)OCC(C)O. The summed E-state index contributed by atoms with van der Waals surface area (Å²) in [5.74, 6) is -1.23. The zero-order chi connectivity index (χ0) is 14.0. The van der Waals surface area contributed by atoms with E-state index in [9.17, 15) is 9.59 Å². The predicted molar refractivity (Wildman–Crippen MR) is 63.6 cm³/mol. The van der Waals surface area contributed by atoms with E-state index in [2.05, 4.69) is 9.47 Å². The van der Waals surface area contributed by atoms with Crippen LogP contribution in [0.3, 0.4) is 0 Å². The summed E-state index contributed by atoms with van der Waals surface area (Å²) in [6, 6.07) is 0. The molecule has 18 heavy (non-hydrogen) atoms. The van der Waals surface area contributed by atoms with Crippen molar-refractivity contribution in [2.45, 2.75) is 26.1 Å². The van der Waals surface area contributed by atoms with Crippen molar-refractivity contribution in [3.8, 4) is 0 Å². The second-order valence-corrected chi connectivity index (χ2v) is 3.68. The lowest BCUT2D eigenvalue weighted by Gasteiger charge is -2.03. The van der Waals surface area contributed by atoms with Crippen LogP contribution in [-0.4, -0.2) is 47.6 Å². The number of rotatable bonds is 7. The number of carbonyl (C=O) groups excluding carboxylic acids is 2. The Kier molecular flexibility index (Phi) is 8.51. The van der Waals surface area contributed by atoms with E-state index < -0.39 is 24.1 Å². The molecule has 0 aliphatic heterocycles. The van der Waals surface area contributed by atoms with Gasteiger partial charge in [0.1, 0.15) is 13.2 Å². The molecule has 0 aromatic rings. The summed E-state index contributed by atoms with van der Waals surface area (Å²) in [6.45, 7) is 2.83. The lowest BCUT2D eigenvalue weighted by Crippen LogP contribution is -2.13. The van der Waals surface area contributed by atoms with Gasteiger partial charge in [0, 0.05) is 12.2 Å². The largest absolute Gasteiger partial charge is 0.460 e. The standard InChI is InChI=1S/C12H18O6/c1-9(13)7-17-11(15)5-3-4-6-12(16)18-8-10(2)14/h3-6,9-10,13-14H,7-8H2,1-2H3. The summed E-state index contributed by atoms with van der Waals surface area (Å²) in [6.07, 6.45) is 3.42. The second-order valence-electron chi connectivity index (χ2n) is 3.68. The van der Waals surface area contributed by atoms with Gasteiger partial charge < -0.3 is 19.7 Å². The molecular formula is C12H18O6. The number of carbonyl (C=O) groups is 2. The Hall–Kier alpha value is -1.66. The minimum absolute atomic E-state index is 0.0800. The Morgan fingerprint density at radius 1 is 0.944 bits per heavy atom. The molecule has 0 radical (unpaired) electrons. The van der Waals surface area contributed by atoms with Crippen LogP contribution in [0.25, 0.3) is 0 Å². The fourth-order valence-electron chi connectivity index (χ4n) is 0.770. The summed E-state index contributed by atoms with van der Waals surface area (Å²) in [5.41, 5.74) is 0. The van der Waals surface area contributed by atoms with Gasteiger partial charge in [-0.3, -0.25) is 0 Å². The Bertz CT molecular complexity index is 285. The monoisotopic (exact) mass is 258 g/mol. The quantitative estimate of drug-likeness (QED) is 0.378. The average molecular weight is 258 g/mol. The molecule has 0 fully saturated rings. The first kappa shape index (κ1) is 16.3. The van der Waals surface area contributed by atoms with E-state index in [0.717, 1.165) is 12.2 Å². The van der Waals surface area contributed by atoms with Gasteiger partial charge in [-0.1, -0.05) is 12.2 Å². The average Bonchev–Trinajstić information content (AvgIpc) is 2.29. The molecule has 0 rings (SSSR count). The number of aliphatic hydroxyl groups is 2. The summed E-state index contributed by atoms with van der Waals surface area (Å²) in [4.78, 5) is 22.0. The first-order chi connectivity index (χ1) is 8.41. The molecule has 0 aromatic carbocycles. The van der Waals surface area contributed by atoms with Crippen LogP contribution < -0.4 is 0 Å². The van der Waals surface area contributed by atoms with Crippen molar-refractivity contribution >= 4 is 11.9 Å². The lowest BCUT2D eigenvalue weighted by molar-refractivity contribution is -0.141. The Morgan fingerprint density at radius 2 is 1.28 bits per heavy atom. The number of esters is 2. The van der Waals surface area contributed by atoms with Gasteiger partial charge in [-0.15, -0.1) is 0 Å². The Labute approximate surface area is 106 Å². The molecule has 0 saturated heterocycles. The normalized spacial score (nSPS) is 14.7. The zero-order valence-corrected chi connectivity index (χ0v) is 10.4. The van der Waals surface area contributed by atoms with E-state index in [-0.39, 0.29) is 13.2 Å². The number of hydrogen-bond acceptors (Lipinski definition) is 6. The van der Waals surface area contributed by atoms with E-state index in [1.807, 2.05) is 0 Å². The molecule has 0 aromatic heterocycles. The minimum atomic E-state index is -0.714. The van der Waals surface area contributed by atoms with Crippen LogP contribution in [0.2, 0.25) is 0 Å². The summed E-state index contributed by atoms with van der Waals surface area (Å²) < 4.78 is 9.26. The smallest absolute Gasteiger partial charge is 0.330 e. The van der Waals surface area contributed by atoms with Gasteiger partial charge in [-0.2, -0.15) is 0 Å². The molecule has 2 unspecified atom stereocenters. The molecule has 0 bridgehead atoms. The molecular weight excluding hydrogens is 240 g/mol. The van der Waals surface area contributed by atoms with Crippen LogP contribution in [0.15, 0.2) is 24.3 Å². The maximum absolute atomic E-state index is 11.0. The molecule has 102 valence electrons. The fraction of sp³-hybridized carbons (Fsp3) is 0.500. The third-order valence-corrected chi connectivity index (χ3v) is 1.51. The number of ether oxygens (including phenoxy) is 2. The molecule has 6 heteroatoms. The summed E-state index contributed by atoms with van der Waals surface area (Å²) in [5, 5.41) is 17.7. The molecule has 0 heterocycles. The van der Waals surface area contributed by atoms with Gasteiger partial charge in [-0.05, 0) is 13.8 Å². The Morgan fingerprint density at radius 3 is 1.56 bits per heavy atom. The van der Waals surface area contributed by atoms with Crippen molar-refractivity contribution in [2.75, 3.05) is 13.2 Å². The highest BCUT2D eigenvalue weighted by atomic mass is 16.5. The van der Waals surface area contributed by atoms with Crippen molar-refractivity contribution in [3.63, 3.8) is 0 Å². The number of allylic oxidation sites excluding steroid dienone is 2. The molecule has 6 nitrogen and oxygen atoms in total. The van der Waals surface area contributed by atoms with Crippen LogP contribution >= 0.6 is 0 Å². The van der Waals surface area contributed by atoms with Crippen LogP contribution in [0.4, 0.5) is 0 Å². The van der Waals surface area contributed by atoms with Gasteiger partial charge in [0.15, 0.2) is 0 Å². The van der Waals surface area contributed by atoms with Gasteiger partial charge >= 0.3 is 11.9 Å². The van der Waals surface area contributed by atoms with E-state index in [1.54, 1.807) is 0 Å². The molecule has 0 spiro atoms. The molecule has 0 aliphatic rings. The zero-order valence-electron chi connectivity index (χ0n) is 10.4. The molecule has 0 saturated carbocycles. The van der Waals surface area contributed by atoms with E-state index in [1.165, 1.54) is 26.0 Å². The van der Waals surface area contributed by atoms with Crippen molar-refractivity contribution in [2.24, 2.45) is 0 Å². The number of aliphatic hydroxyl groups excluding tert-OH is 2. The van der Waals surface area contributed by atoms with E-state index in [0.29, 0.717) is 0 Å². The van der Waals surface area contributed by atoms with Gasteiger partial charge in [0.2, 0.25) is 0 Å². The molecule has 2 N–H and O–H groups in total. The van der Waals surface area contributed by atoms with E-state index >= 15 is 0 Å². The van der Waals surface area contributed by atoms with Crippen molar-refractivity contribution < 1.29 is 29.3 Å². The first-order valence-electron chi connectivity index (χ1n) is 5.46. The minimum Gasteiger partial charge on any atom is -0.460 e. The highest BCUT2D eigenvalue weighted by molar-refractivity contribution is 5.84. The third kappa shape index (κ3) is 10.8. The van der Waals surface area contributed by atoms with Gasteiger partial charge in [0.25, 0.3) is 0 Å². The maximum atomic E-state index is 11.0. The predicted octanol–water partition coefficient (Wildman–Crippen LogP) is -0.0532. The van der Waals surface area contributed by atoms with Crippen LogP contribution in [-0.2, 0) is 19.1 Å². The number of hydrogen-bond donors (Lipinski definition) is 2. The van der Waals surface area contributed by atoms with Gasteiger partial charge in [0.05, 0.1) is 12.2 Å². The first-order valence-corrected chi connectivity index (χ1v) is 5.46. The topological polar surface area (TPSA) is 93.1 Å². The van der Waals surface area contributed by atoms with E-state index in [4.69, 9.17) is 10.2 Å². The lowest BCUT2D eigenvalue weighted by atomic mass is 10.4. The summed E-state index contributed by atoms with van der Waals surface area (Å²) in [7, 11) is 0. The van der Waals surface area contributed by atoms with Gasteiger partial charge in [-0.25, -0.2) is 9.59 Å². The van der Waals surface area contributed by atoms with Crippen LogP contribution in [0.5, 0.6) is 0 Å². The highest BCUT2D eigenvalue weighted by Gasteiger charge is 2.01. The molecule has 0 aliphatic carbocycles. The summed E-state index contributed by atoms with van der Waals surface area (Å²) >= 11 is 0. The highest BCUT2D eigenvalue weighted by Crippen LogP contribution is 1.89. The maximum Gasteiger partial charge on any atom is 0.330 e. The van der Waals surface area contributed by atoms with Crippen LogP contribution in [0, 0.1) is 0 Å².